The molecule has 0 bridgehead atoms. The van der Waals surface area contributed by atoms with Gasteiger partial charge in [0.1, 0.15) is 0 Å². The smallest absolute Gasteiger partial charge is 0.0971 e. The van der Waals surface area contributed by atoms with Crippen molar-refractivity contribution in [3.63, 3.8) is 0 Å². The van der Waals surface area contributed by atoms with Gasteiger partial charge in [-0.3, -0.25) is 4.90 Å². The Morgan fingerprint density at radius 3 is 2.21 bits per heavy atom. The highest BCUT2D eigenvalue weighted by Gasteiger charge is 2.32. The van der Waals surface area contributed by atoms with Crippen LogP contribution in [-0.4, -0.2) is 51.0 Å². The molecule has 4 nitrogen and oxygen atoms in total. The average molecular weight is 264 g/mol. The molecule has 0 radical (unpaired) electrons. The van der Waals surface area contributed by atoms with E-state index in [-0.39, 0.29) is 12.2 Å². The lowest BCUT2D eigenvalue weighted by molar-refractivity contribution is -0.00461. The van der Waals surface area contributed by atoms with Crippen LogP contribution < -0.4 is 5.73 Å². The fraction of sp³-hybridized carbons (Fsp3) is 0.600. The second-order valence-corrected chi connectivity index (χ2v) is 5.03. The van der Waals surface area contributed by atoms with Gasteiger partial charge in [0.15, 0.2) is 0 Å². The van der Waals surface area contributed by atoms with Gasteiger partial charge in [-0.25, -0.2) is 0 Å². The van der Waals surface area contributed by atoms with Gasteiger partial charge in [-0.2, -0.15) is 0 Å². The topological polar surface area (TPSA) is 47.7 Å². The first kappa shape index (κ1) is 14.5. The number of methoxy groups -OCH3 is 2. The van der Waals surface area contributed by atoms with Crippen molar-refractivity contribution < 1.29 is 9.47 Å². The third kappa shape index (κ3) is 3.54. The van der Waals surface area contributed by atoms with Crippen LogP contribution >= 0.6 is 0 Å². The molecule has 2 atom stereocenters. The minimum atomic E-state index is 0.190. The Morgan fingerprint density at radius 1 is 1.11 bits per heavy atom. The molecule has 2 unspecified atom stereocenters. The molecule has 1 heterocycles. The molecule has 0 aromatic heterocycles. The molecular weight excluding hydrogens is 240 g/mol. The number of hydrogen-bond acceptors (Lipinski definition) is 4. The Hall–Kier alpha value is -0.940. The Bertz CT molecular complexity index is 385. The Morgan fingerprint density at radius 2 is 1.68 bits per heavy atom. The van der Waals surface area contributed by atoms with Crippen molar-refractivity contribution in [1.82, 2.24) is 4.90 Å². The largest absolute Gasteiger partial charge is 0.377 e. The van der Waals surface area contributed by atoms with Crippen LogP contribution in [0.3, 0.4) is 0 Å². The van der Waals surface area contributed by atoms with Gasteiger partial charge >= 0.3 is 0 Å². The van der Waals surface area contributed by atoms with E-state index >= 15 is 0 Å². The van der Waals surface area contributed by atoms with Crippen molar-refractivity contribution >= 4 is 0 Å². The molecule has 1 aliphatic rings. The number of hydrogen-bond donors (Lipinski definition) is 1. The Balaban J connectivity index is 1.89. The summed E-state index contributed by atoms with van der Waals surface area (Å²) in [7, 11) is 3.51. The van der Waals surface area contributed by atoms with Crippen LogP contribution in [0.2, 0.25) is 0 Å². The fourth-order valence-corrected chi connectivity index (χ4v) is 2.73. The summed E-state index contributed by atoms with van der Waals surface area (Å²) in [5, 5.41) is 0. The number of nitrogens with zero attached hydrogens (tertiary/aromatic N) is 1. The summed E-state index contributed by atoms with van der Waals surface area (Å²) >= 11 is 0. The van der Waals surface area contributed by atoms with Crippen molar-refractivity contribution in [2.45, 2.75) is 25.2 Å². The van der Waals surface area contributed by atoms with Crippen LogP contribution in [0.1, 0.15) is 11.1 Å². The van der Waals surface area contributed by atoms with Gasteiger partial charge in [0.25, 0.3) is 0 Å². The highest BCUT2D eigenvalue weighted by Crippen LogP contribution is 2.17. The molecule has 2 rings (SSSR count). The predicted octanol–water partition coefficient (Wildman–Crippen LogP) is 1.03. The van der Waals surface area contributed by atoms with E-state index in [0.717, 1.165) is 26.1 Å². The van der Waals surface area contributed by atoms with Gasteiger partial charge in [0.05, 0.1) is 12.2 Å². The standard InChI is InChI=1S/C15H24N2O2/c1-18-14-10-17(11-15(14)19-2)8-7-12-5-3-4-6-13(12)9-16/h3-6,14-15H,7-11,16H2,1-2H3. The molecule has 0 aliphatic carbocycles. The van der Waals surface area contributed by atoms with E-state index in [2.05, 4.69) is 23.1 Å². The summed E-state index contributed by atoms with van der Waals surface area (Å²) in [4.78, 5) is 2.40. The number of ether oxygens (including phenoxy) is 2. The van der Waals surface area contributed by atoms with E-state index in [1.807, 2.05) is 6.07 Å². The maximum Gasteiger partial charge on any atom is 0.0971 e. The molecular formula is C15H24N2O2. The average Bonchev–Trinajstić information content (AvgIpc) is 2.87. The van der Waals surface area contributed by atoms with Crippen molar-refractivity contribution in [3.05, 3.63) is 35.4 Å². The van der Waals surface area contributed by atoms with Crippen LogP contribution in [-0.2, 0) is 22.4 Å². The third-order valence-electron chi connectivity index (χ3n) is 3.93. The minimum Gasteiger partial charge on any atom is -0.377 e. The van der Waals surface area contributed by atoms with Crippen LogP contribution in [0.25, 0.3) is 0 Å². The van der Waals surface area contributed by atoms with Gasteiger partial charge < -0.3 is 15.2 Å². The first-order valence-electron chi connectivity index (χ1n) is 6.83. The molecule has 19 heavy (non-hydrogen) atoms. The van der Waals surface area contributed by atoms with Gasteiger partial charge in [0.2, 0.25) is 0 Å². The van der Waals surface area contributed by atoms with E-state index < -0.39 is 0 Å². The molecule has 0 amide bonds. The van der Waals surface area contributed by atoms with Gasteiger partial charge in [0, 0.05) is 40.4 Å². The van der Waals surface area contributed by atoms with Crippen LogP contribution in [0.4, 0.5) is 0 Å². The molecule has 1 aromatic carbocycles. The maximum absolute atomic E-state index is 5.77. The summed E-state index contributed by atoms with van der Waals surface area (Å²) in [5.41, 5.74) is 8.36. The van der Waals surface area contributed by atoms with Crippen molar-refractivity contribution in [1.29, 1.82) is 0 Å². The van der Waals surface area contributed by atoms with E-state index in [9.17, 15) is 0 Å². The number of likely N-dealkylation sites (tertiary alicyclic amines) is 1. The van der Waals surface area contributed by atoms with Gasteiger partial charge in [-0.05, 0) is 17.5 Å². The zero-order valence-corrected chi connectivity index (χ0v) is 11.8. The Kier molecular flexibility index (Phi) is 5.34. The van der Waals surface area contributed by atoms with Gasteiger partial charge in [-0.15, -0.1) is 0 Å². The normalized spacial score (nSPS) is 23.9. The summed E-state index contributed by atoms with van der Waals surface area (Å²) in [6.07, 6.45) is 1.41. The molecule has 0 spiro atoms. The zero-order valence-electron chi connectivity index (χ0n) is 11.8. The molecule has 1 aliphatic heterocycles. The fourth-order valence-electron chi connectivity index (χ4n) is 2.73. The predicted molar refractivity (Wildman–Crippen MR) is 76.1 cm³/mol. The minimum absolute atomic E-state index is 0.190. The van der Waals surface area contributed by atoms with E-state index in [1.165, 1.54) is 11.1 Å². The quantitative estimate of drug-likeness (QED) is 0.834. The summed E-state index contributed by atoms with van der Waals surface area (Å²) in [6, 6.07) is 8.40. The molecule has 1 aromatic rings. The number of nitrogens with two attached hydrogens (primary N) is 1. The maximum atomic E-state index is 5.77. The van der Waals surface area contributed by atoms with Crippen molar-refractivity contribution in [3.8, 4) is 0 Å². The molecule has 1 saturated heterocycles. The van der Waals surface area contributed by atoms with E-state index in [4.69, 9.17) is 15.2 Å². The lowest BCUT2D eigenvalue weighted by atomic mass is 10.0. The Labute approximate surface area is 115 Å². The van der Waals surface area contributed by atoms with Crippen LogP contribution in [0.5, 0.6) is 0 Å². The highest BCUT2D eigenvalue weighted by molar-refractivity contribution is 5.27. The first-order valence-corrected chi connectivity index (χ1v) is 6.83. The number of rotatable bonds is 6. The number of benzene rings is 1. The molecule has 1 fully saturated rings. The molecule has 2 N–H and O–H groups in total. The molecule has 0 saturated carbocycles. The summed E-state index contributed by atoms with van der Waals surface area (Å²) in [5.74, 6) is 0. The van der Waals surface area contributed by atoms with E-state index in [1.54, 1.807) is 14.2 Å². The SMILES string of the molecule is COC1CN(CCc2ccccc2CN)CC1OC. The van der Waals surface area contributed by atoms with Gasteiger partial charge in [-0.1, -0.05) is 24.3 Å². The zero-order chi connectivity index (χ0) is 13.7. The summed E-state index contributed by atoms with van der Waals surface area (Å²) < 4.78 is 10.9. The van der Waals surface area contributed by atoms with E-state index in [0.29, 0.717) is 6.54 Å². The van der Waals surface area contributed by atoms with Crippen LogP contribution in [0.15, 0.2) is 24.3 Å². The lowest BCUT2D eigenvalue weighted by Gasteiger charge is -2.16. The summed E-state index contributed by atoms with van der Waals surface area (Å²) in [6.45, 7) is 3.52. The monoisotopic (exact) mass is 264 g/mol. The second-order valence-electron chi connectivity index (χ2n) is 5.03. The second kappa shape index (κ2) is 7.01. The molecule has 106 valence electrons. The van der Waals surface area contributed by atoms with Crippen molar-refractivity contribution in [2.24, 2.45) is 5.73 Å². The van der Waals surface area contributed by atoms with Crippen LogP contribution in [0, 0.1) is 0 Å². The highest BCUT2D eigenvalue weighted by atomic mass is 16.5. The lowest BCUT2D eigenvalue weighted by Crippen LogP contribution is -2.27. The first-order chi connectivity index (χ1) is 9.28. The third-order valence-corrected chi connectivity index (χ3v) is 3.93. The molecule has 4 heteroatoms. The van der Waals surface area contributed by atoms with Crippen molar-refractivity contribution in [2.75, 3.05) is 33.9 Å².